The maximum absolute atomic E-state index is 13.6. The first-order valence-electron chi connectivity index (χ1n) is 5.40. The van der Waals surface area contributed by atoms with Crippen LogP contribution in [0.15, 0.2) is 12.1 Å². The summed E-state index contributed by atoms with van der Waals surface area (Å²) in [5.74, 6) is -0.525. The summed E-state index contributed by atoms with van der Waals surface area (Å²) in [6.07, 6.45) is 2.89. The van der Waals surface area contributed by atoms with E-state index in [0.717, 1.165) is 12.8 Å². The molecule has 0 aromatic heterocycles. The number of hydrogen-bond acceptors (Lipinski definition) is 2. The van der Waals surface area contributed by atoms with E-state index in [2.05, 4.69) is 0 Å². The highest BCUT2D eigenvalue weighted by Gasteiger charge is 2.27. The molecule has 1 aliphatic rings. The van der Waals surface area contributed by atoms with Gasteiger partial charge in [-0.05, 0) is 12.3 Å². The molecule has 1 aromatic carbocycles. The fourth-order valence-electron chi connectivity index (χ4n) is 1.86. The zero-order valence-electron chi connectivity index (χ0n) is 9.58. The molecule has 1 fully saturated rings. The van der Waals surface area contributed by atoms with Crippen molar-refractivity contribution in [2.75, 3.05) is 7.11 Å². The van der Waals surface area contributed by atoms with Crippen LogP contribution < -0.4 is 10.5 Å². The summed E-state index contributed by atoms with van der Waals surface area (Å²) in [5, 5.41) is 0. The summed E-state index contributed by atoms with van der Waals surface area (Å²) < 4.78 is 32.0. The Kier molecular flexibility index (Phi) is 4.71. The van der Waals surface area contributed by atoms with Crippen LogP contribution in [0, 0.1) is 17.6 Å². The molecule has 1 aliphatic carbocycles. The van der Waals surface area contributed by atoms with Gasteiger partial charge in [-0.3, -0.25) is 0 Å². The minimum absolute atomic E-state index is 0. The van der Waals surface area contributed by atoms with Gasteiger partial charge >= 0.3 is 0 Å². The summed E-state index contributed by atoms with van der Waals surface area (Å²) in [7, 11) is 1.37. The Morgan fingerprint density at radius 1 is 1.35 bits per heavy atom. The van der Waals surface area contributed by atoms with Crippen molar-refractivity contribution in [3.05, 3.63) is 29.3 Å². The maximum Gasteiger partial charge on any atom is 0.134 e. The van der Waals surface area contributed by atoms with E-state index in [4.69, 9.17) is 10.5 Å². The van der Waals surface area contributed by atoms with Gasteiger partial charge in [-0.15, -0.1) is 12.4 Å². The monoisotopic (exact) mass is 263 g/mol. The highest BCUT2D eigenvalue weighted by molar-refractivity contribution is 5.85. The first-order valence-corrected chi connectivity index (χ1v) is 5.40. The van der Waals surface area contributed by atoms with Crippen molar-refractivity contribution in [2.45, 2.75) is 25.3 Å². The molecule has 2 rings (SSSR count). The van der Waals surface area contributed by atoms with E-state index in [1.807, 2.05) is 0 Å². The van der Waals surface area contributed by atoms with Gasteiger partial charge < -0.3 is 10.5 Å². The summed E-state index contributed by atoms with van der Waals surface area (Å²) in [5.41, 5.74) is 5.79. The number of hydrogen-bond donors (Lipinski definition) is 1. The molecular formula is C12H16ClF2NO. The standard InChI is InChI=1S/C12H15F2NO.ClH/c1-16-8-5-9(13)12(10(14)6-8)11(15)4-7-2-3-7;/h5-7,11H,2-4,15H2,1H3;1H/t11-;/m1./s1. The molecule has 2 N–H and O–H groups in total. The minimum atomic E-state index is -0.620. The molecule has 0 bridgehead atoms. The third kappa shape index (κ3) is 3.30. The van der Waals surface area contributed by atoms with E-state index >= 15 is 0 Å². The molecule has 0 spiro atoms. The Bertz CT molecular complexity index is 373. The minimum Gasteiger partial charge on any atom is -0.497 e. The number of nitrogens with two attached hydrogens (primary N) is 1. The summed E-state index contributed by atoms with van der Waals surface area (Å²) in [6.45, 7) is 0. The van der Waals surface area contributed by atoms with E-state index in [1.54, 1.807) is 0 Å². The second-order valence-corrected chi connectivity index (χ2v) is 4.29. The molecule has 0 unspecified atom stereocenters. The Labute approximate surface area is 106 Å². The first-order chi connectivity index (χ1) is 7.61. The molecule has 17 heavy (non-hydrogen) atoms. The average molecular weight is 264 g/mol. The van der Waals surface area contributed by atoms with Crippen molar-refractivity contribution in [3.63, 3.8) is 0 Å². The summed E-state index contributed by atoms with van der Waals surface area (Å²) in [4.78, 5) is 0. The summed E-state index contributed by atoms with van der Waals surface area (Å²) >= 11 is 0. The molecule has 1 saturated carbocycles. The number of methoxy groups -OCH3 is 1. The quantitative estimate of drug-likeness (QED) is 0.905. The highest BCUT2D eigenvalue weighted by atomic mass is 35.5. The third-order valence-electron chi connectivity index (χ3n) is 2.94. The zero-order chi connectivity index (χ0) is 11.7. The van der Waals surface area contributed by atoms with E-state index in [9.17, 15) is 8.78 Å². The van der Waals surface area contributed by atoms with Crippen LogP contribution in [0.4, 0.5) is 8.78 Å². The SMILES string of the molecule is COc1cc(F)c([C@H](N)CC2CC2)c(F)c1.Cl. The lowest BCUT2D eigenvalue weighted by molar-refractivity contribution is 0.402. The van der Waals surface area contributed by atoms with Gasteiger partial charge in [0.15, 0.2) is 0 Å². The molecule has 0 saturated heterocycles. The van der Waals surface area contributed by atoms with Crippen molar-refractivity contribution >= 4 is 12.4 Å². The highest BCUT2D eigenvalue weighted by Crippen LogP contribution is 2.38. The molecule has 0 radical (unpaired) electrons. The Morgan fingerprint density at radius 3 is 2.29 bits per heavy atom. The largest absolute Gasteiger partial charge is 0.497 e. The number of ether oxygens (including phenoxy) is 1. The van der Waals surface area contributed by atoms with Gasteiger partial charge in [0, 0.05) is 23.7 Å². The van der Waals surface area contributed by atoms with E-state index in [0.29, 0.717) is 12.3 Å². The molecular weight excluding hydrogens is 248 g/mol. The number of rotatable bonds is 4. The second kappa shape index (κ2) is 5.65. The molecule has 1 atom stereocenters. The lowest BCUT2D eigenvalue weighted by Crippen LogP contribution is -2.15. The van der Waals surface area contributed by atoms with Crippen LogP contribution in [0.2, 0.25) is 0 Å². The van der Waals surface area contributed by atoms with E-state index in [-0.39, 0.29) is 23.7 Å². The van der Waals surface area contributed by atoms with Crippen LogP contribution in [0.5, 0.6) is 5.75 Å². The average Bonchev–Trinajstić information content (AvgIpc) is 3.00. The topological polar surface area (TPSA) is 35.2 Å². The first kappa shape index (κ1) is 14.2. The molecule has 96 valence electrons. The van der Waals surface area contributed by atoms with Gasteiger partial charge in [-0.2, -0.15) is 0 Å². The lowest BCUT2D eigenvalue weighted by Gasteiger charge is -2.14. The Balaban J connectivity index is 0.00000144. The van der Waals surface area contributed by atoms with Gasteiger partial charge in [-0.25, -0.2) is 8.78 Å². The molecule has 5 heteroatoms. The molecule has 0 heterocycles. The van der Waals surface area contributed by atoms with Crippen molar-refractivity contribution in [1.29, 1.82) is 0 Å². The van der Waals surface area contributed by atoms with E-state index < -0.39 is 17.7 Å². The van der Waals surface area contributed by atoms with Crippen molar-refractivity contribution < 1.29 is 13.5 Å². The fourth-order valence-corrected chi connectivity index (χ4v) is 1.86. The van der Waals surface area contributed by atoms with Crippen molar-refractivity contribution in [2.24, 2.45) is 11.7 Å². The smallest absolute Gasteiger partial charge is 0.134 e. The lowest BCUT2D eigenvalue weighted by atomic mass is 10.0. The normalized spacial score (nSPS) is 16.2. The van der Waals surface area contributed by atoms with Crippen LogP contribution in [0.25, 0.3) is 0 Å². The Hall–Kier alpha value is -0.870. The molecule has 1 aromatic rings. The Morgan fingerprint density at radius 2 is 1.88 bits per heavy atom. The number of benzene rings is 1. The van der Waals surface area contributed by atoms with Crippen LogP contribution in [-0.2, 0) is 0 Å². The van der Waals surface area contributed by atoms with Crippen LogP contribution >= 0.6 is 12.4 Å². The molecule has 2 nitrogen and oxygen atoms in total. The number of halogens is 3. The maximum atomic E-state index is 13.6. The van der Waals surface area contributed by atoms with Crippen molar-refractivity contribution in [1.82, 2.24) is 0 Å². The predicted molar refractivity (Wildman–Crippen MR) is 64.4 cm³/mol. The predicted octanol–water partition coefficient (Wildman–Crippen LogP) is 3.20. The second-order valence-electron chi connectivity index (χ2n) is 4.29. The van der Waals surface area contributed by atoms with Gasteiger partial charge in [0.1, 0.15) is 17.4 Å². The van der Waals surface area contributed by atoms with E-state index in [1.165, 1.54) is 19.2 Å². The van der Waals surface area contributed by atoms with Crippen LogP contribution in [0.1, 0.15) is 30.9 Å². The zero-order valence-corrected chi connectivity index (χ0v) is 10.4. The van der Waals surface area contributed by atoms with Crippen molar-refractivity contribution in [3.8, 4) is 5.75 Å². The van der Waals surface area contributed by atoms with Crippen LogP contribution in [0.3, 0.4) is 0 Å². The third-order valence-corrected chi connectivity index (χ3v) is 2.94. The van der Waals surface area contributed by atoms with Gasteiger partial charge in [0.25, 0.3) is 0 Å². The van der Waals surface area contributed by atoms with Gasteiger partial charge in [-0.1, -0.05) is 12.8 Å². The molecule has 0 aliphatic heterocycles. The van der Waals surface area contributed by atoms with Gasteiger partial charge in [0.05, 0.1) is 7.11 Å². The van der Waals surface area contributed by atoms with Gasteiger partial charge in [0.2, 0.25) is 0 Å². The van der Waals surface area contributed by atoms with Crippen LogP contribution in [-0.4, -0.2) is 7.11 Å². The summed E-state index contributed by atoms with van der Waals surface area (Å²) in [6, 6.07) is 1.79. The fraction of sp³-hybridized carbons (Fsp3) is 0.500. The molecule has 0 amide bonds.